The highest BCUT2D eigenvalue weighted by molar-refractivity contribution is 5.76. The number of hydrogen-bond donors (Lipinski definition) is 2. The van der Waals surface area contributed by atoms with Crippen LogP contribution in [0.15, 0.2) is 18.2 Å². The number of alkyl halides is 3. The van der Waals surface area contributed by atoms with Gasteiger partial charge in [0.25, 0.3) is 0 Å². The van der Waals surface area contributed by atoms with Gasteiger partial charge in [0.2, 0.25) is 0 Å². The fourth-order valence-corrected chi connectivity index (χ4v) is 2.49. The van der Waals surface area contributed by atoms with E-state index in [1.807, 2.05) is 0 Å². The Kier molecular flexibility index (Phi) is 4.88. The molecule has 0 bridgehead atoms. The summed E-state index contributed by atoms with van der Waals surface area (Å²) in [4.78, 5) is 7.34. The number of benzene rings is 1. The highest BCUT2D eigenvalue weighted by Gasteiger charge is 2.30. The smallest absolute Gasteiger partial charge is 0.342 e. The molecule has 1 atom stereocenters. The molecule has 1 heterocycles. The van der Waals surface area contributed by atoms with Crippen molar-refractivity contribution in [2.24, 2.45) is 11.7 Å². The standard InChI is InChI=1S/C15H20F3N3/c1-2-10(7-8-19)3-6-14-20-12-5-4-11(15(16,17)18)9-13(12)21-14/h4-5,9-10H,2-3,6-8,19H2,1H3,(H,20,21). The first-order chi connectivity index (χ1) is 9.94. The molecule has 0 saturated heterocycles. The monoisotopic (exact) mass is 299 g/mol. The molecule has 0 fully saturated rings. The maximum atomic E-state index is 12.7. The Labute approximate surface area is 121 Å². The molecule has 0 amide bonds. The summed E-state index contributed by atoms with van der Waals surface area (Å²) in [5.74, 6) is 1.27. The molecule has 3 N–H and O–H groups in total. The van der Waals surface area contributed by atoms with Gasteiger partial charge in [-0.15, -0.1) is 0 Å². The summed E-state index contributed by atoms with van der Waals surface area (Å²) in [6.45, 7) is 2.78. The largest absolute Gasteiger partial charge is 0.416 e. The van der Waals surface area contributed by atoms with Gasteiger partial charge in [0.1, 0.15) is 5.82 Å². The number of nitrogens with two attached hydrogens (primary N) is 1. The molecule has 1 aromatic carbocycles. The topological polar surface area (TPSA) is 54.7 Å². The van der Waals surface area contributed by atoms with Gasteiger partial charge in [-0.1, -0.05) is 13.3 Å². The van der Waals surface area contributed by atoms with Crippen LogP contribution in [-0.2, 0) is 12.6 Å². The van der Waals surface area contributed by atoms with Crippen LogP contribution < -0.4 is 5.73 Å². The van der Waals surface area contributed by atoms with Gasteiger partial charge in [0.15, 0.2) is 0 Å². The highest BCUT2D eigenvalue weighted by atomic mass is 19.4. The van der Waals surface area contributed by atoms with Crippen LogP contribution in [-0.4, -0.2) is 16.5 Å². The molecule has 0 aliphatic heterocycles. The van der Waals surface area contributed by atoms with Crippen molar-refractivity contribution in [2.75, 3.05) is 6.54 Å². The molecule has 1 unspecified atom stereocenters. The molecule has 1 aromatic heterocycles. The third-order valence-corrected chi connectivity index (χ3v) is 3.80. The number of rotatable bonds is 6. The predicted octanol–water partition coefficient (Wildman–Crippen LogP) is 3.89. The number of imidazole rings is 1. The minimum atomic E-state index is -4.33. The first-order valence-corrected chi connectivity index (χ1v) is 7.20. The third-order valence-electron chi connectivity index (χ3n) is 3.80. The third kappa shape index (κ3) is 3.97. The fourth-order valence-electron chi connectivity index (χ4n) is 2.49. The van der Waals surface area contributed by atoms with Gasteiger partial charge in [0, 0.05) is 6.42 Å². The lowest BCUT2D eigenvalue weighted by Gasteiger charge is -2.11. The SMILES string of the molecule is CCC(CCN)CCc1nc2ccc(C(F)(F)F)cc2[nH]1. The van der Waals surface area contributed by atoms with Gasteiger partial charge in [-0.3, -0.25) is 0 Å². The lowest BCUT2D eigenvalue weighted by Crippen LogP contribution is -2.09. The van der Waals surface area contributed by atoms with E-state index in [2.05, 4.69) is 16.9 Å². The molecule has 0 radical (unpaired) electrons. The molecule has 2 aromatic rings. The predicted molar refractivity (Wildman–Crippen MR) is 76.9 cm³/mol. The van der Waals surface area contributed by atoms with Crippen molar-refractivity contribution in [3.8, 4) is 0 Å². The van der Waals surface area contributed by atoms with Crippen molar-refractivity contribution < 1.29 is 13.2 Å². The second-order valence-electron chi connectivity index (χ2n) is 5.30. The summed E-state index contributed by atoms with van der Waals surface area (Å²) in [5.41, 5.74) is 5.92. The van der Waals surface area contributed by atoms with E-state index in [0.29, 0.717) is 23.5 Å². The van der Waals surface area contributed by atoms with Crippen LogP contribution in [0.3, 0.4) is 0 Å². The van der Waals surface area contributed by atoms with Gasteiger partial charge in [-0.25, -0.2) is 4.98 Å². The Morgan fingerprint density at radius 3 is 2.67 bits per heavy atom. The van der Waals surface area contributed by atoms with Crippen LogP contribution in [0, 0.1) is 5.92 Å². The average molecular weight is 299 g/mol. The van der Waals surface area contributed by atoms with Gasteiger partial charge in [-0.05, 0) is 43.5 Å². The van der Waals surface area contributed by atoms with Crippen molar-refractivity contribution in [2.45, 2.75) is 38.8 Å². The highest BCUT2D eigenvalue weighted by Crippen LogP contribution is 2.31. The van der Waals surface area contributed by atoms with Crippen molar-refractivity contribution in [1.29, 1.82) is 0 Å². The molecule has 3 nitrogen and oxygen atoms in total. The summed E-state index contributed by atoms with van der Waals surface area (Å²) in [7, 11) is 0. The van der Waals surface area contributed by atoms with Crippen molar-refractivity contribution in [3.05, 3.63) is 29.6 Å². The molecule has 116 valence electrons. The molecular formula is C15H20F3N3. The number of nitrogens with one attached hydrogen (secondary N) is 1. The van der Waals surface area contributed by atoms with E-state index in [4.69, 9.17) is 5.73 Å². The van der Waals surface area contributed by atoms with E-state index in [-0.39, 0.29) is 0 Å². The minimum Gasteiger partial charge on any atom is -0.342 e. The van der Waals surface area contributed by atoms with Crippen LogP contribution >= 0.6 is 0 Å². The number of aryl methyl sites for hydroxylation is 1. The van der Waals surface area contributed by atoms with E-state index in [1.165, 1.54) is 6.07 Å². The minimum absolute atomic E-state index is 0.437. The number of aromatic amines is 1. The second-order valence-corrected chi connectivity index (χ2v) is 5.30. The zero-order valence-electron chi connectivity index (χ0n) is 12.0. The Bertz CT molecular complexity index is 589. The molecule has 0 aliphatic carbocycles. The number of fused-ring (bicyclic) bond motifs is 1. The van der Waals surface area contributed by atoms with Gasteiger partial charge >= 0.3 is 6.18 Å². The molecule has 2 rings (SSSR count). The first-order valence-electron chi connectivity index (χ1n) is 7.20. The summed E-state index contributed by atoms with van der Waals surface area (Å²) >= 11 is 0. The lowest BCUT2D eigenvalue weighted by molar-refractivity contribution is -0.137. The van der Waals surface area contributed by atoms with E-state index >= 15 is 0 Å². The molecule has 0 aliphatic rings. The summed E-state index contributed by atoms with van der Waals surface area (Å²) in [6.07, 6.45) is -0.632. The molecular weight excluding hydrogens is 279 g/mol. The quantitative estimate of drug-likeness (QED) is 0.850. The van der Waals surface area contributed by atoms with Gasteiger partial charge < -0.3 is 10.7 Å². The molecule has 0 spiro atoms. The van der Waals surface area contributed by atoms with E-state index in [0.717, 1.165) is 43.6 Å². The summed E-state index contributed by atoms with van der Waals surface area (Å²) in [6, 6.07) is 3.59. The van der Waals surface area contributed by atoms with Crippen molar-refractivity contribution in [3.63, 3.8) is 0 Å². The zero-order chi connectivity index (χ0) is 15.5. The lowest BCUT2D eigenvalue weighted by atomic mass is 9.96. The number of aromatic nitrogens is 2. The van der Waals surface area contributed by atoms with Crippen molar-refractivity contribution >= 4 is 11.0 Å². The van der Waals surface area contributed by atoms with Gasteiger partial charge in [-0.2, -0.15) is 13.2 Å². The average Bonchev–Trinajstić information content (AvgIpc) is 2.84. The number of nitrogens with zero attached hydrogens (tertiary/aromatic N) is 1. The maximum Gasteiger partial charge on any atom is 0.416 e. The number of H-pyrrole nitrogens is 1. The van der Waals surface area contributed by atoms with E-state index in [1.54, 1.807) is 0 Å². The number of halogens is 3. The normalized spacial score (nSPS) is 13.8. The van der Waals surface area contributed by atoms with E-state index in [9.17, 15) is 13.2 Å². The van der Waals surface area contributed by atoms with Crippen molar-refractivity contribution in [1.82, 2.24) is 9.97 Å². The Morgan fingerprint density at radius 1 is 1.29 bits per heavy atom. The molecule has 0 saturated carbocycles. The zero-order valence-corrected chi connectivity index (χ0v) is 12.0. The van der Waals surface area contributed by atoms with Crippen LogP contribution in [0.1, 0.15) is 37.6 Å². The maximum absolute atomic E-state index is 12.7. The van der Waals surface area contributed by atoms with Gasteiger partial charge in [0.05, 0.1) is 16.6 Å². The van der Waals surface area contributed by atoms with Crippen LogP contribution in [0.2, 0.25) is 0 Å². The van der Waals surface area contributed by atoms with Crippen LogP contribution in [0.25, 0.3) is 11.0 Å². The van der Waals surface area contributed by atoms with Crippen LogP contribution in [0.5, 0.6) is 0 Å². The summed E-state index contributed by atoms with van der Waals surface area (Å²) < 4.78 is 38.0. The Balaban J connectivity index is 2.12. The van der Waals surface area contributed by atoms with E-state index < -0.39 is 11.7 Å². The fraction of sp³-hybridized carbons (Fsp3) is 0.533. The van der Waals surface area contributed by atoms with Crippen LogP contribution in [0.4, 0.5) is 13.2 Å². The Morgan fingerprint density at radius 2 is 2.05 bits per heavy atom. The summed E-state index contributed by atoms with van der Waals surface area (Å²) in [5, 5.41) is 0. The molecule has 6 heteroatoms. The second kappa shape index (κ2) is 6.47. The first kappa shape index (κ1) is 15.8. The molecule has 21 heavy (non-hydrogen) atoms. The Hall–Kier alpha value is -1.56. The number of hydrogen-bond acceptors (Lipinski definition) is 2.